The molecular formula is C20H19NO3. The third kappa shape index (κ3) is 3.34. The molecule has 0 amide bonds. The minimum atomic E-state index is -0.505. The molecule has 3 aromatic carbocycles. The fourth-order valence-corrected chi connectivity index (χ4v) is 2.69. The molecule has 1 unspecified atom stereocenters. The van der Waals surface area contributed by atoms with Crippen molar-refractivity contribution >= 4 is 0 Å². The summed E-state index contributed by atoms with van der Waals surface area (Å²) in [6, 6.07) is 22.3. The van der Waals surface area contributed by atoms with Crippen LogP contribution in [0.1, 0.15) is 22.7 Å². The smallest absolute Gasteiger partial charge is 0.200 e. The van der Waals surface area contributed by atoms with Gasteiger partial charge in [0.25, 0.3) is 0 Å². The first-order valence-corrected chi connectivity index (χ1v) is 7.73. The zero-order valence-corrected chi connectivity index (χ0v) is 13.1. The Bertz CT molecular complexity index is 804. The van der Waals surface area contributed by atoms with Crippen molar-refractivity contribution in [1.29, 1.82) is 0 Å². The van der Waals surface area contributed by atoms with Crippen molar-refractivity contribution in [3.8, 4) is 17.2 Å². The molecule has 4 heteroatoms. The Hall–Kier alpha value is -2.98. The van der Waals surface area contributed by atoms with Crippen LogP contribution in [0.25, 0.3) is 0 Å². The Labute approximate surface area is 140 Å². The quantitative estimate of drug-likeness (QED) is 0.541. The van der Waals surface area contributed by atoms with Crippen molar-refractivity contribution in [3.63, 3.8) is 0 Å². The Morgan fingerprint density at radius 3 is 2.00 bits per heavy atom. The molecule has 4 N–H and O–H groups in total. The van der Waals surface area contributed by atoms with Gasteiger partial charge >= 0.3 is 0 Å². The third-order valence-corrected chi connectivity index (χ3v) is 3.96. The Balaban J connectivity index is 1.95. The molecule has 0 bridgehead atoms. The number of benzene rings is 3. The number of phenolic OH excluding ortho intramolecular Hbond substituents is 3. The van der Waals surface area contributed by atoms with Gasteiger partial charge in [0, 0.05) is 12.1 Å². The predicted molar refractivity (Wildman–Crippen MR) is 93.0 cm³/mol. The molecule has 0 spiro atoms. The summed E-state index contributed by atoms with van der Waals surface area (Å²) in [5.41, 5.74) is 2.57. The van der Waals surface area contributed by atoms with Gasteiger partial charge < -0.3 is 20.6 Å². The minimum Gasteiger partial charge on any atom is -0.504 e. The van der Waals surface area contributed by atoms with E-state index in [0.29, 0.717) is 12.1 Å². The van der Waals surface area contributed by atoms with Gasteiger partial charge in [-0.2, -0.15) is 0 Å². The fourth-order valence-electron chi connectivity index (χ4n) is 2.69. The number of rotatable bonds is 5. The largest absolute Gasteiger partial charge is 0.504 e. The first kappa shape index (κ1) is 15.9. The molecule has 3 aromatic rings. The SMILES string of the molecule is Oc1ccc(C(NCc2ccccc2)c2ccccc2)c(O)c1O. The van der Waals surface area contributed by atoms with Crippen molar-refractivity contribution in [2.45, 2.75) is 12.6 Å². The van der Waals surface area contributed by atoms with Crippen molar-refractivity contribution in [3.05, 3.63) is 89.5 Å². The van der Waals surface area contributed by atoms with Crippen LogP contribution in [0.5, 0.6) is 17.2 Å². The van der Waals surface area contributed by atoms with Gasteiger partial charge in [-0.05, 0) is 23.3 Å². The van der Waals surface area contributed by atoms with Crippen molar-refractivity contribution in [2.75, 3.05) is 0 Å². The van der Waals surface area contributed by atoms with Crippen LogP contribution in [-0.4, -0.2) is 15.3 Å². The molecule has 3 rings (SSSR count). The molecule has 24 heavy (non-hydrogen) atoms. The van der Waals surface area contributed by atoms with Gasteiger partial charge in [0.1, 0.15) is 0 Å². The fraction of sp³-hybridized carbons (Fsp3) is 0.100. The summed E-state index contributed by atoms with van der Waals surface area (Å²) in [7, 11) is 0. The molecule has 0 aliphatic heterocycles. The van der Waals surface area contributed by atoms with Crippen molar-refractivity contribution in [1.82, 2.24) is 5.32 Å². The molecule has 122 valence electrons. The van der Waals surface area contributed by atoms with Crippen LogP contribution < -0.4 is 5.32 Å². The van der Waals surface area contributed by atoms with E-state index in [-0.39, 0.29) is 17.5 Å². The van der Waals surface area contributed by atoms with Gasteiger partial charge in [-0.25, -0.2) is 0 Å². The van der Waals surface area contributed by atoms with Gasteiger partial charge in [0.15, 0.2) is 11.5 Å². The highest BCUT2D eigenvalue weighted by molar-refractivity contribution is 5.55. The Morgan fingerprint density at radius 1 is 0.708 bits per heavy atom. The van der Waals surface area contributed by atoms with Gasteiger partial charge in [0.2, 0.25) is 5.75 Å². The van der Waals surface area contributed by atoms with Crippen LogP contribution >= 0.6 is 0 Å². The number of aromatic hydroxyl groups is 3. The summed E-state index contributed by atoms with van der Waals surface area (Å²) in [6.45, 7) is 0.599. The van der Waals surface area contributed by atoms with Gasteiger partial charge in [-0.15, -0.1) is 0 Å². The predicted octanol–water partition coefficient (Wildman–Crippen LogP) is 3.68. The zero-order chi connectivity index (χ0) is 16.9. The number of nitrogens with one attached hydrogen (secondary N) is 1. The first-order valence-electron chi connectivity index (χ1n) is 7.73. The molecule has 0 aliphatic rings. The topological polar surface area (TPSA) is 72.7 Å². The second kappa shape index (κ2) is 7.06. The summed E-state index contributed by atoms with van der Waals surface area (Å²) in [4.78, 5) is 0. The number of hydrogen-bond acceptors (Lipinski definition) is 4. The van der Waals surface area contributed by atoms with Crippen molar-refractivity contribution < 1.29 is 15.3 Å². The molecule has 0 saturated heterocycles. The van der Waals surface area contributed by atoms with Crippen LogP contribution in [0.3, 0.4) is 0 Å². The summed E-state index contributed by atoms with van der Waals surface area (Å²) in [5.74, 6) is -1.16. The molecule has 0 radical (unpaired) electrons. The monoisotopic (exact) mass is 321 g/mol. The average molecular weight is 321 g/mol. The molecule has 1 atom stereocenters. The highest BCUT2D eigenvalue weighted by atomic mass is 16.3. The van der Waals surface area contributed by atoms with E-state index in [1.165, 1.54) is 6.07 Å². The minimum absolute atomic E-state index is 0.315. The van der Waals surface area contributed by atoms with E-state index < -0.39 is 5.75 Å². The van der Waals surface area contributed by atoms with E-state index in [2.05, 4.69) is 5.32 Å². The molecule has 0 saturated carbocycles. The highest BCUT2D eigenvalue weighted by Crippen LogP contribution is 2.41. The lowest BCUT2D eigenvalue weighted by atomic mass is 9.97. The standard InChI is InChI=1S/C20H19NO3/c22-17-12-11-16(19(23)20(17)24)18(15-9-5-2-6-10-15)21-13-14-7-3-1-4-8-14/h1-12,18,21-24H,13H2. The molecular weight excluding hydrogens is 302 g/mol. The van der Waals surface area contributed by atoms with Gasteiger partial charge in [-0.3, -0.25) is 0 Å². The van der Waals surface area contributed by atoms with E-state index in [4.69, 9.17) is 0 Å². The normalized spacial score (nSPS) is 12.0. The van der Waals surface area contributed by atoms with Crippen molar-refractivity contribution in [2.24, 2.45) is 0 Å². The van der Waals surface area contributed by atoms with E-state index in [1.807, 2.05) is 60.7 Å². The van der Waals surface area contributed by atoms with Crippen LogP contribution in [0.4, 0.5) is 0 Å². The van der Waals surface area contributed by atoms with E-state index >= 15 is 0 Å². The summed E-state index contributed by atoms with van der Waals surface area (Å²) in [6.07, 6.45) is 0. The van der Waals surface area contributed by atoms with Crippen LogP contribution in [-0.2, 0) is 6.54 Å². The Morgan fingerprint density at radius 2 is 1.33 bits per heavy atom. The van der Waals surface area contributed by atoms with E-state index in [9.17, 15) is 15.3 Å². The van der Waals surface area contributed by atoms with Gasteiger partial charge in [-0.1, -0.05) is 60.7 Å². The van der Waals surface area contributed by atoms with E-state index in [1.54, 1.807) is 6.07 Å². The molecule has 0 fully saturated rings. The maximum atomic E-state index is 10.3. The van der Waals surface area contributed by atoms with Crippen LogP contribution in [0, 0.1) is 0 Å². The summed E-state index contributed by atoms with van der Waals surface area (Å²) >= 11 is 0. The lowest BCUT2D eigenvalue weighted by Gasteiger charge is -2.21. The average Bonchev–Trinajstić information content (AvgIpc) is 2.63. The number of hydrogen-bond donors (Lipinski definition) is 4. The van der Waals surface area contributed by atoms with E-state index in [0.717, 1.165) is 11.1 Å². The Kier molecular flexibility index (Phi) is 4.68. The third-order valence-electron chi connectivity index (χ3n) is 3.96. The summed E-state index contributed by atoms with van der Waals surface area (Å²) < 4.78 is 0. The zero-order valence-electron chi connectivity index (χ0n) is 13.1. The maximum absolute atomic E-state index is 10.3. The lowest BCUT2D eigenvalue weighted by molar-refractivity contribution is 0.362. The van der Waals surface area contributed by atoms with Crippen LogP contribution in [0.15, 0.2) is 72.8 Å². The van der Waals surface area contributed by atoms with Gasteiger partial charge in [0.05, 0.1) is 6.04 Å². The molecule has 0 aromatic heterocycles. The summed E-state index contributed by atoms with van der Waals surface area (Å²) in [5, 5.41) is 33.1. The number of phenols is 3. The highest BCUT2D eigenvalue weighted by Gasteiger charge is 2.20. The molecule has 4 nitrogen and oxygen atoms in total. The second-order valence-corrected chi connectivity index (χ2v) is 5.58. The maximum Gasteiger partial charge on any atom is 0.200 e. The lowest BCUT2D eigenvalue weighted by Crippen LogP contribution is -2.22. The molecule has 0 heterocycles. The molecule has 0 aliphatic carbocycles. The first-order chi connectivity index (χ1) is 11.7. The second-order valence-electron chi connectivity index (χ2n) is 5.58. The van der Waals surface area contributed by atoms with Crippen LogP contribution in [0.2, 0.25) is 0 Å².